The molecule has 226 valence electrons. The molecule has 0 saturated heterocycles. The molecule has 1 aromatic rings. The molecule has 0 spiro atoms. The molecule has 0 aromatic heterocycles. The molecule has 1 rings (SSSR count). The van der Waals surface area contributed by atoms with E-state index in [0.717, 1.165) is 6.42 Å². The second-order valence-electron chi connectivity index (χ2n) is 10.5. The molecule has 0 aliphatic heterocycles. The van der Waals surface area contributed by atoms with Crippen molar-refractivity contribution in [1.29, 1.82) is 5.26 Å². The van der Waals surface area contributed by atoms with Gasteiger partial charge in [0.15, 0.2) is 0 Å². The van der Waals surface area contributed by atoms with Gasteiger partial charge in [0.25, 0.3) is 0 Å². The Morgan fingerprint density at radius 1 is 1.00 bits per heavy atom. The number of esters is 2. The van der Waals surface area contributed by atoms with Crippen LogP contribution in [-0.2, 0) is 33.9 Å². The van der Waals surface area contributed by atoms with Gasteiger partial charge in [-0.25, -0.2) is 18.4 Å². The van der Waals surface area contributed by atoms with Gasteiger partial charge in [-0.2, -0.15) is 5.26 Å². The van der Waals surface area contributed by atoms with Gasteiger partial charge in [-0.1, -0.05) is 41.2 Å². The summed E-state index contributed by atoms with van der Waals surface area (Å²) in [6.45, 7) is 20.3. The summed E-state index contributed by atoms with van der Waals surface area (Å²) in [5, 5.41) is 15.8. The van der Waals surface area contributed by atoms with Gasteiger partial charge in [0, 0.05) is 22.6 Å². The monoisotopic (exact) mass is 581 g/mol. The zero-order chi connectivity index (χ0) is 31.7. The lowest BCUT2D eigenvalue weighted by Crippen LogP contribution is -2.29. The minimum Gasteiger partial charge on any atom is -0.462 e. The molecule has 1 aromatic carbocycles. The van der Waals surface area contributed by atoms with Crippen molar-refractivity contribution in [3.05, 3.63) is 36.4 Å². The first-order chi connectivity index (χ1) is 18.3. The number of nitrogens with one attached hydrogen (secondary N) is 1. The van der Waals surface area contributed by atoms with E-state index in [1.807, 2.05) is 55.4 Å². The van der Waals surface area contributed by atoms with Crippen LogP contribution in [0.5, 0.6) is 0 Å². The largest absolute Gasteiger partial charge is 0.462 e. The molecular formula is C29H47N3O7S. The summed E-state index contributed by atoms with van der Waals surface area (Å²) in [4.78, 5) is 34.4. The van der Waals surface area contributed by atoms with Gasteiger partial charge >= 0.3 is 11.9 Å². The van der Waals surface area contributed by atoms with Crippen molar-refractivity contribution in [3.8, 4) is 6.07 Å². The average molecular weight is 582 g/mol. The van der Waals surface area contributed by atoms with E-state index < -0.39 is 26.8 Å². The molecule has 1 atom stereocenters. The van der Waals surface area contributed by atoms with E-state index in [-0.39, 0.29) is 35.9 Å². The van der Waals surface area contributed by atoms with E-state index in [9.17, 15) is 22.8 Å². The third kappa shape index (κ3) is 16.0. The minimum atomic E-state index is -3.69. The Kier molecular flexibility index (Phi) is 17.7. The Morgan fingerprint density at radius 3 is 1.82 bits per heavy atom. The predicted octanol–water partition coefficient (Wildman–Crippen LogP) is 5.35. The van der Waals surface area contributed by atoms with Gasteiger partial charge in [-0.05, 0) is 71.2 Å². The number of nitrogens with two attached hydrogens (primary N) is 1. The van der Waals surface area contributed by atoms with Crippen LogP contribution in [0.15, 0.2) is 41.3 Å². The number of hydrogen-bond acceptors (Lipinski definition) is 8. The first-order valence-electron chi connectivity index (χ1n) is 13.1. The molecule has 0 aliphatic rings. The van der Waals surface area contributed by atoms with E-state index in [1.165, 1.54) is 24.3 Å². The second kappa shape index (κ2) is 18.2. The van der Waals surface area contributed by atoms with Crippen molar-refractivity contribution >= 4 is 33.6 Å². The maximum atomic E-state index is 11.9. The van der Waals surface area contributed by atoms with Crippen molar-refractivity contribution in [2.45, 2.75) is 86.5 Å². The fourth-order valence-corrected chi connectivity index (χ4v) is 2.53. The number of ether oxygens (including phenoxy) is 2. The molecule has 0 heterocycles. The lowest BCUT2D eigenvalue weighted by molar-refractivity contribution is -0.158. The van der Waals surface area contributed by atoms with Crippen molar-refractivity contribution < 1.29 is 32.3 Å². The highest BCUT2D eigenvalue weighted by molar-refractivity contribution is 7.89. The molecule has 40 heavy (non-hydrogen) atoms. The van der Waals surface area contributed by atoms with Gasteiger partial charge in [-0.3, -0.25) is 9.59 Å². The molecule has 1 amide bonds. The predicted molar refractivity (Wildman–Crippen MR) is 156 cm³/mol. The smallest absolute Gasteiger partial charge is 0.333 e. The van der Waals surface area contributed by atoms with Crippen molar-refractivity contribution in [1.82, 2.24) is 0 Å². The molecule has 0 aliphatic carbocycles. The van der Waals surface area contributed by atoms with Gasteiger partial charge in [0.2, 0.25) is 15.9 Å². The van der Waals surface area contributed by atoms with Crippen LogP contribution < -0.4 is 10.5 Å². The molecular weight excluding hydrogens is 534 g/mol. The summed E-state index contributed by atoms with van der Waals surface area (Å²) in [5.74, 6) is -0.606. The van der Waals surface area contributed by atoms with Crippen LogP contribution in [-0.4, -0.2) is 39.5 Å². The molecule has 0 saturated carbocycles. The summed E-state index contributed by atoms with van der Waals surface area (Å²) in [6, 6.07) is 7.88. The van der Waals surface area contributed by atoms with Crippen molar-refractivity contribution in [3.63, 3.8) is 0 Å². The van der Waals surface area contributed by atoms with Crippen molar-refractivity contribution in [2.75, 3.05) is 18.5 Å². The number of hydrogen-bond donors (Lipinski definition) is 2. The minimum absolute atomic E-state index is 0.0234. The third-order valence-electron chi connectivity index (χ3n) is 6.11. The number of anilines is 1. The van der Waals surface area contributed by atoms with Crippen LogP contribution in [0.1, 0.15) is 81.6 Å². The van der Waals surface area contributed by atoms with E-state index in [4.69, 9.17) is 19.9 Å². The van der Waals surface area contributed by atoms with Gasteiger partial charge in [-0.15, -0.1) is 0 Å². The van der Waals surface area contributed by atoms with E-state index >= 15 is 0 Å². The number of amides is 1. The van der Waals surface area contributed by atoms with Crippen LogP contribution in [0.25, 0.3) is 0 Å². The van der Waals surface area contributed by atoms with Crippen LogP contribution in [0.2, 0.25) is 0 Å². The fraction of sp³-hybridized carbons (Fsp3) is 0.586. The van der Waals surface area contributed by atoms with Crippen molar-refractivity contribution in [2.24, 2.45) is 21.9 Å². The summed E-state index contributed by atoms with van der Waals surface area (Å²) >= 11 is 0. The van der Waals surface area contributed by atoms with Crippen LogP contribution in [0, 0.1) is 28.1 Å². The maximum Gasteiger partial charge on any atom is 0.333 e. The fourth-order valence-electron chi connectivity index (χ4n) is 2.01. The normalized spacial score (nSPS) is 11.7. The summed E-state index contributed by atoms with van der Waals surface area (Å²) < 4.78 is 31.9. The average Bonchev–Trinajstić information content (AvgIpc) is 2.90. The summed E-state index contributed by atoms with van der Waals surface area (Å²) in [7, 11) is -3.69. The number of carbonyl (C=O) groups is 3. The molecule has 10 nitrogen and oxygen atoms in total. The zero-order valence-corrected chi connectivity index (χ0v) is 26.2. The number of rotatable bonds is 11. The lowest BCUT2D eigenvalue weighted by Gasteiger charge is -2.21. The van der Waals surface area contributed by atoms with E-state index in [0.29, 0.717) is 24.1 Å². The van der Waals surface area contributed by atoms with Gasteiger partial charge in [0.05, 0.1) is 16.4 Å². The lowest BCUT2D eigenvalue weighted by atomic mass is 9.89. The zero-order valence-electron chi connectivity index (χ0n) is 25.4. The quantitative estimate of drug-likeness (QED) is 0.200. The van der Waals surface area contributed by atoms with E-state index in [1.54, 1.807) is 6.92 Å². The Labute approximate surface area is 240 Å². The topological polar surface area (TPSA) is 166 Å². The number of primary sulfonamides is 1. The Bertz CT molecular complexity index is 1120. The first kappa shape index (κ1) is 38.9. The number of nitriles is 1. The Hall–Kier alpha value is -3.23. The molecule has 1 unspecified atom stereocenters. The summed E-state index contributed by atoms with van der Waals surface area (Å²) in [6.07, 6.45) is 2.39. The SMILES string of the molecule is C=C(C)C(=O)OCCOC(=O)C(C)(C)CC.CCC(C)(C)C(=O)Nc1ccc(S(N)(=O)=O)cc1.CCC(C)C#N. The van der Waals surface area contributed by atoms with E-state index in [2.05, 4.69) is 18.0 Å². The highest BCUT2D eigenvalue weighted by atomic mass is 32.2. The molecule has 0 fully saturated rings. The number of nitrogens with zero attached hydrogens (tertiary/aromatic N) is 1. The van der Waals surface area contributed by atoms with Crippen LogP contribution >= 0.6 is 0 Å². The summed E-state index contributed by atoms with van der Waals surface area (Å²) in [5.41, 5.74) is -0.0640. The maximum absolute atomic E-state index is 11.9. The van der Waals surface area contributed by atoms with Gasteiger partial charge in [0.1, 0.15) is 13.2 Å². The second-order valence-corrected chi connectivity index (χ2v) is 12.1. The third-order valence-corrected chi connectivity index (χ3v) is 7.04. The van der Waals surface area contributed by atoms with Gasteiger partial charge < -0.3 is 14.8 Å². The highest BCUT2D eigenvalue weighted by Crippen LogP contribution is 2.23. The van der Waals surface area contributed by atoms with Crippen LogP contribution in [0.3, 0.4) is 0 Å². The molecule has 0 radical (unpaired) electrons. The standard InChI is InChI=1S/C12H18N2O3S.C12H20O4.C5H9N/c1-4-12(2,3)11(15)14-9-5-7-10(8-6-9)18(13,16)17;1-6-12(4,5)11(14)16-8-7-15-10(13)9(2)3;1-3-5(2)4-6/h5-8H,4H2,1-3H3,(H,14,15)(H2,13,16,17);2,6-8H2,1,3-5H3;5H,3H2,1-2H3. The number of sulfonamides is 1. The Balaban J connectivity index is 0. The number of carbonyl (C=O) groups excluding carboxylic acids is 3. The highest BCUT2D eigenvalue weighted by Gasteiger charge is 2.27. The molecule has 3 N–H and O–H groups in total. The van der Waals surface area contributed by atoms with Crippen LogP contribution in [0.4, 0.5) is 5.69 Å². The first-order valence-corrected chi connectivity index (χ1v) is 14.7. The number of benzene rings is 1. The molecule has 0 bridgehead atoms. The Morgan fingerprint density at radius 2 is 1.48 bits per heavy atom. The molecule has 11 heteroatoms.